The molecule has 1 aromatic carbocycles. The van der Waals surface area contributed by atoms with Crippen molar-refractivity contribution >= 4 is 18.9 Å². The fourth-order valence-corrected chi connectivity index (χ4v) is 7.85. The highest BCUT2D eigenvalue weighted by atomic mass is 32.2. The van der Waals surface area contributed by atoms with Crippen molar-refractivity contribution in [2.75, 3.05) is 6.54 Å². The van der Waals surface area contributed by atoms with Crippen molar-refractivity contribution in [3.05, 3.63) is 28.8 Å². The second-order valence-corrected chi connectivity index (χ2v) is 14.3. The topological polar surface area (TPSA) is 69.4 Å². The molecule has 1 aromatic rings. The van der Waals surface area contributed by atoms with Crippen molar-refractivity contribution < 1.29 is 26.0 Å². The summed E-state index contributed by atoms with van der Waals surface area (Å²) in [5.41, 5.74) is 1.73. The predicted molar refractivity (Wildman–Crippen MR) is 131 cm³/mol. The molecule has 2 N–H and O–H groups in total. The average molecular weight is 517 g/mol. The van der Waals surface area contributed by atoms with E-state index in [0.717, 1.165) is 37.8 Å². The molecule has 0 atom stereocenters. The molecule has 0 heterocycles. The summed E-state index contributed by atoms with van der Waals surface area (Å²) in [6.45, 7) is 10.7. The van der Waals surface area contributed by atoms with E-state index in [-0.39, 0.29) is 23.0 Å². The minimum atomic E-state index is -5.43. The minimum Gasteiger partial charge on any atom is -0.414 e. The van der Waals surface area contributed by atoms with Gasteiger partial charge in [0.05, 0.1) is 4.90 Å². The molecular weight excluding hydrogens is 479 g/mol. The van der Waals surface area contributed by atoms with Crippen LogP contribution in [0.1, 0.15) is 69.6 Å². The Labute approximate surface area is 204 Å². The summed E-state index contributed by atoms with van der Waals surface area (Å²) in [5.74, 6) is 6.61. The second-order valence-electron chi connectivity index (χ2n) is 10.4. The third-order valence-electron chi connectivity index (χ3n) is 6.01. The van der Waals surface area contributed by atoms with E-state index in [2.05, 4.69) is 39.2 Å². The zero-order chi connectivity index (χ0) is 25.7. The van der Waals surface area contributed by atoms with Gasteiger partial charge in [0, 0.05) is 17.6 Å². The number of sulfone groups is 1. The maximum absolute atomic E-state index is 13.1. The molecule has 4 nitrogen and oxygen atoms in total. The van der Waals surface area contributed by atoms with Crippen molar-refractivity contribution in [2.24, 2.45) is 17.1 Å². The van der Waals surface area contributed by atoms with Crippen molar-refractivity contribution in [2.45, 2.75) is 95.3 Å². The molecule has 191 valence electrons. The number of halogens is 3. The quantitative estimate of drug-likeness (QED) is 0.369. The Morgan fingerprint density at radius 3 is 2.29 bits per heavy atom. The lowest BCUT2D eigenvalue weighted by Crippen LogP contribution is -2.30. The smallest absolute Gasteiger partial charge is 0.414 e. The SMILES string of the molecule is Cc1c(S(=O)(=O)C(F)(F)F)ccc(C#CC2CCC(O[Si](C)CC(C)(C)C)CC2)c1CCCN. The third-order valence-corrected chi connectivity index (χ3v) is 9.93. The van der Waals surface area contributed by atoms with Gasteiger partial charge < -0.3 is 10.2 Å². The first-order valence-corrected chi connectivity index (χ1v) is 15.4. The van der Waals surface area contributed by atoms with Crippen LogP contribution in [0.2, 0.25) is 12.6 Å². The van der Waals surface area contributed by atoms with E-state index in [9.17, 15) is 21.6 Å². The van der Waals surface area contributed by atoms with Crippen molar-refractivity contribution in [3.63, 3.8) is 0 Å². The summed E-state index contributed by atoms with van der Waals surface area (Å²) in [5, 5.41) is 0. The number of nitrogens with two attached hydrogens (primary N) is 1. The second kappa shape index (κ2) is 11.6. The lowest BCUT2D eigenvalue weighted by molar-refractivity contribution is -0.0436. The molecule has 0 aromatic heterocycles. The van der Waals surface area contributed by atoms with Gasteiger partial charge in [-0.3, -0.25) is 0 Å². The van der Waals surface area contributed by atoms with Crippen LogP contribution in [-0.2, 0) is 20.7 Å². The van der Waals surface area contributed by atoms with Gasteiger partial charge in [0.2, 0.25) is 9.04 Å². The highest BCUT2D eigenvalue weighted by molar-refractivity contribution is 7.92. The summed E-state index contributed by atoms with van der Waals surface area (Å²) in [4.78, 5) is -0.706. The van der Waals surface area contributed by atoms with E-state index < -0.39 is 29.3 Å². The Balaban J connectivity index is 2.16. The van der Waals surface area contributed by atoms with Crippen LogP contribution in [0.3, 0.4) is 0 Å². The number of alkyl halides is 3. The van der Waals surface area contributed by atoms with Crippen LogP contribution >= 0.6 is 0 Å². The van der Waals surface area contributed by atoms with Crippen LogP contribution in [0.5, 0.6) is 0 Å². The fourth-order valence-electron chi connectivity index (χ4n) is 4.45. The molecule has 9 heteroatoms. The van der Waals surface area contributed by atoms with Crippen molar-refractivity contribution in [1.29, 1.82) is 0 Å². The molecule has 0 aliphatic heterocycles. The van der Waals surface area contributed by atoms with Gasteiger partial charge >= 0.3 is 5.51 Å². The Bertz CT molecular complexity index is 999. The van der Waals surface area contributed by atoms with Gasteiger partial charge in [-0.2, -0.15) is 13.2 Å². The molecular formula is C25H37F3NO3SSi. The van der Waals surface area contributed by atoms with E-state index >= 15 is 0 Å². The first kappa shape index (κ1) is 28.9. The van der Waals surface area contributed by atoms with E-state index in [1.165, 1.54) is 13.0 Å². The van der Waals surface area contributed by atoms with Gasteiger partial charge in [-0.05, 0) is 93.3 Å². The summed E-state index contributed by atoms with van der Waals surface area (Å²) in [6, 6.07) is 3.53. The number of hydrogen-bond acceptors (Lipinski definition) is 4. The van der Waals surface area contributed by atoms with Crippen LogP contribution < -0.4 is 5.73 Å². The Morgan fingerprint density at radius 1 is 1.15 bits per heavy atom. The van der Waals surface area contributed by atoms with Gasteiger partial charge in [0.1, 0.15) is 0 Å². The average Bonchev–Trinajstić information content (AvgIpc) is 2.70. The van der Waals surface area contributed by atoms with E-state index in [0.29, 0.717) is 30.5 Å². The molecule has 1 radical (unpaired) electrons. The summed E-state index contributed by atoms with van der Waals surface area (Å²) < 4.78 is 69.7. The number of benzene rings is 1. The maximum Gasteiger partial charge on any atom is 0.501 e. The van der Waals surface area contributed by atoms with Crippen LogP contribution in [0.25, 0.3) is 0 Å². The molecule has 2 rings (SSSR count). The van der Waals surface area contributed by atoms with Gasteiger partial charge in [0.25, 0.3) is 9.84 Å². The van der Waals surface area contributed by atoms with E-state index in [1.807, 2.05) is 0 Å². The zero-order valence-electron chi connectivity index (χ0n) is 20.8. The van der Waals surface area contributed by atoms with Crippen LogP contribution in [0.15, 0.2) is 17.0 Å². The first-order chi connectivity index (χ1) is 15.7. The van der Waals surface area contributed by atoms with Gasteiger partial charge in [-0.1, -0.05) is 32.6 Å². The fraction of sp³-hybridized carbons (Fsp3) is 0.680. The van der Waals surface area contributed by atoms with Crippen LogP contribution in [0, 0.1) is 30.1 Å². The molecule has 34 heavy (non-hydrogen) atoms. The minimum absolute atomic E-state index is 0.103. The van der Waals surface area contributed by atoms with Gasteiger partial charge in [-0.25, -0.2) is 8.42 Å². The maximum atomic E-state index is 13.1. The number of hydrogen-bond donors (Lipinski definition) is 1. The largest absolute Gasteiger partial charge is 0.501 e. The normalized spacial score (nSPS) is 19.7. The molecule has 0 bridgehead atoms. The zero-order valence-corrected chi connectivity index (χ0v) is 22.6. The summed E-state index contributed by atoms with van der Waals surface area (Å²) in [6.07, 6.45) is 4.92. The molecule has 1 saturated carbocycles. The summed E-state index contributed by atoms with van der Waals surface area (Å²) in [7, 11) is -6.26. The Morgan fingerprint density at radius 2 is 1.76 bits per heavy atom. The Hall–Kier alpha value is -1.34. The van der Waals surface area contributed by atoms with Crippen LogP contribution in [-0.4, -0.2) is 35.6 Å². The molecule has 1 aliphatic rings. The third kappa shape index (κ3) is 7.84. The highest BCUT2D eigenvalue weighted by Gasteiger charge is 2.47. The first-order valence-electron chi connectivity index (χ1n) is 11.8. The molecule has 0 unspecified atom stereocenters. The van der Waals surface area contributed by atoms with Gasteiger partial charge in [0.15, 0.2) is 0 Å². The van der Waals surface area contributed by atoms with Crippen molar-refractivity contribution in [3.8, 4) is 11.8 Å². The lowest BCUT2D eigenvalue weighted by atomic mass is 9.87. The van der Waals surface area contributed by atoms with Crippen molar-refractivity contribution in [1.82, 2.24) is 0 Å². The van der Waals surface area contributed by atoms with Crippen LogP contribution in [0.4, 0.5) is 13.2 Å². The van der Waals surface area contributed by atoms with E-state index in [1.54, 1.807) is 0 Å². The standard InChI is InChI=1S/C25H37F3NO3SSi/c1-18-22(7-6-16-29)20(12-15-23(18)33(30,31)25(26,27)28)11-8-19-9-13-21(14-10-19)32-34(5)17-24(2,3)4/h12,15,19,21H,6-7,9-10,13-14,16-17,29H2,1-5H3. The van der Waals surface area contributed by atoms with Gasteiger partial charge in [-0.15, -0.1) is 0 Å². The lowest BCUT2D eigenvalue weighted by Gasteiger charge is -2.30. The molecule has 1 aliphatic carbocycles. The molecule has 0 spiro atoms. The number of rotatable bonds is 7. The molecule has 0 amide bonds. The van der Waals surface area contributed by atoms with E-state index in [4.69, 9.17) is 10.2 Å². The highest BCUT2D eigenvalue weighted by Crippen LogP contribution is 2.34. The molecule has 1 fully saturated rings. The molecule has 0 saturated heterocycles. The Kier molecular flexibility index (Phi) is 9.85. The monoisotopic (exact) mass is 516 g/mol. The predicted octanol–water partition coefficient (Wildman–Crippen LogP) is 5.77. The summed E-state index contributed by atoms with van der Waals surface area (Å²) >= 11 is 0.